The lowest BCUT2D eigenvalue weighted by molar-refractivity contribution is -0.222. The second-order valence-corrected chi connectivity index (χ2v) is 13.1. The third-order valence-electron chi connectivity index (χ3n) is 11.8. The third kappa shape index (κ3) is 4.93. The van der Waals surface area contributed by atoms with E-state index in [1.807, 2.05) is 13.8 Å². The third-order valence-corrected chi connectivity index (χ3v) is 11.8. The number of carbonyl (C=O) groups excluding carboxylic acids is 2. The SMILES string of the molecule is C/C=C(/C)C(=O)O[C@@H]1CC2(C)[C@@H](C)CCC[C@H](OC(=O)[C@@H](C)CC)C(C)(C(C)(O)C(=O)O)C(C)C2(C)C1C. The molecular formula is C31H52O7. The second-order valence-electron chi connectivity index (χ2n) is 13.1. The average molecular weight is 537 g/mol. The number of fused-ring (bicyclic) bond motifs is 1. The van der Waals surface area contributed by atoms with Gasteiger partial charge in [0.05, 0.1) is 5.92 Å². The maximum Gasteiger partial charge on any atom is 0.336 e. The Morgan fingerprint density at radius 3 is 2.18 bits per heavy atom. The van der Waals surface area contributed by atoms with Crippen LogP contribution >= 0.6 is 0 Å². The fourth-order valence-corrected chi connectivity index (χ4v) is 7.53. The molecule has 0 radical (unpaired) electrons. The number of carbonyl (C=O) groups is 3. The van der Waals surface area contributed by atoms with Gasteiger partial charge in [0.15, 0.2) is 5.60 Å². The van der Waals surface area contributed by atoms with Crippen molar-refractivity contribution in [3.63, 3.8) is 0 Å². The van der Waals surface area contributed by atoms with E-state index in [-0.39, 0.29) is 41.2 Å². The summed E-state index contributed by atoms with van der Waals surface area (Å²) in [6.45, 7) is 21.0. The number of allylic oxidation sites excluding steroid dienone is 1. The Hall–Kier alpha value is -1.89. The quantitative estimate of drug-likeness (QED) is 0.296. The normalized spacial score (nSPS) is 40.5. The summed E-state index contributed by atoms with van der Waals surface area (Å²) in [5, 5.41) is 22.1. The van der Waals surface area contributed by atoms with Crippen molar-refractivity contribution >= 4 is 17.9 Å². The van der Waals surface area contributed by atoms with Gasteiger partial charge in [-0.3, -0.25) is 4.79 Å². The Balaban J connectivity index is 2.76. The van der Waals surface area contributed by atoms with Crippen molar-refractivity contribution in [1.29, 1.82) is 0 Å². The van der Waals surface area contributed by atoms with Crippen LogP contribution in [0, 0.1) is 39.9 Å². The fraction of sp³-hybridized carbons (Fsp3) is 0.839. The molecule has 6 unspecified atom stereocenters. The van der Waals surface area contributed by atoms with E-state index in [9.17, 15) is 24.6 Å². The maximum absolute atomic E-state index is 13.1. The molecule has 0 spiro atoms. The summed E-state index contributed by atoms with van der Waals surface area (Å²) < 4.78 is 12.2. The van der Waals surface area contributed by atoms with Crippen LogP contribution in [0.2, 0.25) is 0 Å². The van der Waals surface area contributed by atoms with Gasteiger partial charge in [-0.15, -0.1) is 0 Å². The number of hydrogen-bond acceptors (Lipinski definition) is 6. The molecule has 0 aromatic heterocycles. The Morgan fingerprint density at radius 2 is 1.68 bits per heavy atom. The molecule has 38 heavy (non-hydrogen) atoms. The molecule has 2 rings (SSSR count). The van der Waals surface area contributed by atoms with Crippen LogP contribution in [0.3, 0.4) is 0 Å². The number of carboxylic acid groups (broad SMARTS) is 1. The van der Waals surface area contributed by atoms with E-state index in [1.54, 1.807) is 33.8 Å². The van der Waals surface area contributed by atoms with Crippen LogP contribution in [0.5, 0.6) is 0 Å². The smallest absolute Gasteiger partial charge is 0.336 e. The summed E-state index contributed by atoms with van der Waals surface area (Å²) in [4.78, 5) is 38.5. The number of esters is 2. The van der Waals surface area contributed by atoms with Gasteiger partial charge in [-0.05, 0) is 75.0 Å². The molecule has 0 aliphatic heterocycles. The molecule has 0 saturated heterocycles. The number of aliphatic carboxylic acids is 1. The zero-order valence-corrected chi connectivity index (χ0v) is 25.5. The summed E-state index contributed by atoms with van der Waals surface area (Å²) in [5.41, 5.74) is -3.84. The van der Waals surface area contributed by atoms with Crippen molar-refractivity contribution in [2.45, 2.75) is 126 Å². The lowest BCUT2D eigenvalue weighted by Gasteiger charge is -2.59. The number of carboxylic acids is 1. The first-order chi connectivity index (χ1) is 17.4. The lowest BCUT2D eigenvalue weighted by atomic mass is 9.46. The van der Waals surface area contributed by atoms with E-state index in [4.69, 9.17) is 9.47 Å². The highest BCUT2D eigenvalue weighted by Crippen LogP contribution is 2.69. The molecule has 2 fully saturated rings. The summed E-state index contributed by atoms with van der Waals surface area (Å²) in [7, 11) is 0. The van der Waals surface area contributed by atoms with Crippen molar-refractivity contribution in [2.75, 3.05) is 0 Å². The fourth-order valence-electron chi connectivity index (χ4n) is 7.53. The van der Waals surface area contributed by atoms with Crippen LogP contribution in [-0.2, 0) is 23.9 Å². The van der Waals surface area contributed by atoms with Gasteiger partial charge in [-0.1, -0.05) is 67.9 Å². The zero-order chi connectivity index (χ0) is 29.4. The van der Waals surface area contributed by atoms with Crippen LogP contribution < -0.4 is 0 Å². The number of ether oxygens (including phenoxy) is 2. The molecular weight excluding hydrogens is 484 g/mol. The molecule has 2 aliphatic rings. The van der Waals surface area contributed by atoms with Gasteiger partial charge in [0.1, 0.15) is 12.2 Å². The number of rotatable bonds is 7. The average Bonchev–Trinajstić information content (AvgIpc) is 3.07. The maximum atomic E-state index is 13.1. The minimum atomic E-state index is -2.18. The molecule has 7 heteroatoms. The molecule has 218 valence electrons. The number of aliphatic hydroxyl groups is 1. The van der Waals surface area contributed by atoms with Gasteiger partial charge in [0.25, 0.3) is 0 Å². The van der Waals surface area contributed by atoms with Crippen LogP contribution in [0.15, 0.2) is 11.6 Å². The van der Waals surface area contributed by atoms with Gasteiger partial charge >= 0.3 is 17.9 Å². The largest absolute Gasteiger partial charge is 0.479 e. The monoisotopic (exact) mass is 536 g/mol. The van der Waals surface area contributed by atoms with E-state index in [2.05, 4.69) is 27.7 Å². The molecule has 0 bridgehead atoms. The van der Waals surface area contributed by atoms with Crippen molar-refractivity contribution in [3.8, 4) is 0 Å². The predicted octanol–water partition coefficient (Wildman–Crippen LogP) is 6.17. The minimum Gasteiger partial charge on any atom is -0.479 e. The van der Waals surface area contributed by atoms with Crippen LogP contribution in [0.25, 0.3) is 0 Å². The van der Waals surface area contributed by atoms with Crippen molar-refractivity contribution in [2.24, 2.45) is 39.9 Å². The first kappa shape index (κ1) is 32.3. The second kappa shape index (κ2) is 11.3. The summed E-state index contributed by atoms with van der Waals surface area (Å²) in [5.74, 6) is -2.71. The summed E-state index contributed by atoms with van der Waals surface area (Å²) >= 11 is 0. The Labute approximate surface area is 229 Å². The first-order valence-electron chi connectivity index (χ1n) is 14.4. The van der Waals surface area contributed by atoms with Crippen LogP contribution in [0.4, 0.5) is 0 Å². The van der Waals surface area contributed by atoms with E-state index in [0.29, 0.717) is 24.8 Å². The Kier molecular flexibility index (Phi) is 9.62. The van der Waals surface area contributed by atoms with Gasteiger partial charge in [-0.25, -0.2) is 9.59 Å². The standard InChI is InChI=1S/C31H52O7/c1-12-18(3)25(32)37-23-17-28(8)20(5)15-14-16-24(38-26(33)19(4)13-2)30(10,31(11,36)27(34)35)22(7)29(28,9)21(23)6/h12,19-24,36H,13-17H2,1-11H3,(H,34,35)/b18-12-/t19-,20-,21?,22?,23+,24-,28?,29?,30?,31?/m0/s1. The van der Waals surface area contributed by atoms with E-state index in [1.165, 1.54) is 6.92 Å². The van der Waals surface area contributed by atoms with Gasteiger partial charge in [0.2, 0.25) is 0 Å². The van der Waals surface area contributed by atoms with E-state index in [0.717, 1.165) is 12.8 Å². The Bertz CT molecular complexity index is 939. The van der Waals surface area contributed by atoms with Gasteiger partial charge < -0.3 is 19.7 Å². The molecule has 2 N–H and O–H groups in total. The van der Waals surface area contributed by atoms with Crippen LogP contribution in [0.1, 0.15) is 108 Å². The molecule has 0 amide bonds. The predicted molar refractivity (Wildman–Crippen MR) is 147 cm³/mol. The minimum absolute atomic E-state index is 0.133. The first-order valence-corrected chi connectivity index (χ1v) is 14.4. The topological polar surface area (TPSA) is 110 Å². The highest BCUT2D eigenvalue weighted by atomic mass is 16.6. The summed E-state index contributed by atoms with van der Waals surface area (Å²) in [6.07, 6.45) is 3.87. The molecule has 0 aromatic rings. The van der Waals surface area contributed by atoms with Crippen molar-refractivity contribution in [3.05, 3.63) is 11.6 Å². The van der Waals surface area contributed by atoms with E-state index >= 15 is 0 Å². The van der Waals surface area contributed by atoms with E-state index < -0.39 is 34.4 Å². The Morgan fingerprint density at radius 1 is 1.11 bits per heavy atom. The van der Waals surface area contributed by atoms with Gasteiger partial charge in [0, 0.05) is 11.0 Å². The van der Waals surface area contributed by atoms with Crippen LogP contribution in [-0.4, -0.2) is 45.9 Å². The highest BCUT2D eigenvalue weighted by Gasteiger charge is 2.70. The molecule has 0 heterocycles. The molecule has 2 aliphatic carbocycles. The molecule has 2 saturated carbocycles. The molecule has 10 atom stereocenters. The van der Waals surface area contributed by atoms with Crippen molar-refractivity contribution < 1.29 is 34.1 Å². The lowest BCUT2D eigenvalue weighted by Crippen LogP contribution is -2.65. The number of hydrogen-bond donors (Lipinski definition) is 2. The summed E-state index contributed by atoms with van der Waals surface area (Å²) in [6, 6.07) is 0. The molecule has 7 nitrogen and oxygen atoms in total. The highest BCUT2D eigenvalue weighted by molar-refractivity contribution is 5.87. The van der Waals surface area contributed by atoms with Gasteiger partial charge in [-0.2, -0.15) is 0 Å². The van der Waals surface area contributed by atoms with Crippen molar-refractivity contribution in [1.82, 2.24) is 0 Å². The molecule has 0 aromatic carbocycles. The zero-order valence-electron chi connectivity index (χ0n) is 25.5.